The standard InChI is InChI=1S/C10H7NO2S/c1-11-7-4-10-6(3-9(7)13-2)8(12)5-14-10/h3-5,12H,2H3. The van der Waals surface area contributed by atoms with Crippen LogP contribution in [0.1, 0.15) is 0 Å². The highest BCUT2D eigenvalue weighted by Crippen LogP contribution is 2.39. The molecule has 0 radical (unpaired) electrons. The van der Waals surface area contributed by atoms with Crippen LogP contribution in [-0.4, -0.2) is 12.2 Å². The summed E-state index contributed by atoms with van der Waals surface area (Å²) in [6.45, 7) is 6.96. The molecule has 0 saturated heterocycles. The van der Waals surface area contributed by atoms with E-state index >= 15 is 0 Å². The lowest BCUT2D eigenvalue weighted by Gasteiger charge is -2.02. The molecule has 0 spiro atoms. The molecule has 0 bridgehead atoms. The Hall–Kier alpha value is -1.73. The van der Waals surface area contributed by atoms with Crippen LogP contribution < -0.4 is 4.74 Å². The molecule has 0 amide bonds. The van der Waals surface area contributed by atoms with Gasteiger partial charge in [-0.25, -0.2) is 4.85 Å². The fourth-order valence-electron chi connectivity index (χ4n) is 1.28. The minimum Gasteiger partial charge on any atom is -0.508 e. The van der Waals surface area contributed by atoms with Crippen molar-refractivity contribution < 1.29 is 9.84 Å². The summed E-state index contributed by atoms with van der Waals surface area (Å²) in [6.07, 6.45) is 0. The maximum atomic E-state index is 9.47. The Kier molecular flexibility index (Phi) is 2.02. The maximum absolute atomic E-state index is 9.47. The molecule has 2 aromatic rings. The van der Waals surface area contributed by atoms with Gasteiger partial charge in [0, 0.05) is 15.5 Å². The van der Waals surface area contributed by atoms with E-state index in [1.807, 2.05) is 0 Å². The topological polar surface area (TPSA) is 33.8 Å². The number of hydrogen-bond donors (Lipinski definition) is 1. The SMILES string of the molecule is [C-]#[N+]c1cc2scc(O)c2cc1OC. The second-order valence-corrected chi connectivity index (χ2v) is 3.66. The van der Waals surface area contributed by atoms with Crippen molar-refractivity contribution in [3.63, 3.8) is 0 Å². The second kappa shape index (κ2) is 3.20. The fraction of sp³-hybridized carbons (Fsp3) is 0.100. The van der Waals surface area contributed by atoms with E-state index in [2.05, 4.69) is 4.85 Å². The molecule has 0 aliphatic heterocycles. The highest BCUT2D eigenvalue weighted by Gasteiger charge is 2.09. The van der Waals surface area contributed by atoms with E-state index in [4.69, 9.17) is 11.3 Å². The molecule has 1 N–H and O–H groups in total. The number of fused-ring (bicyclic) bond motifs is 1. The van der Waals surface area contributed by atoms with Crippen molar-refractivity contribution in [2.24, 2.45) is 0 Å². The van der Waals surface area contributed by atoms with E-state index < -0.39 is 0 Å². The van der Waals surface area contributed by atoms with E-state index in [9.17, 15) is 5.11 Å². The van der Waals surface area contributed by atoms with Crippen LogP contribution in [0.5, 0.6) is 11.5 Å². The first-order valence-electron chi connectivity index (χ1n) is 3.92. The van der Waals surface area contributed by atoms with Gasteiger partial charge in [0.05, 0.1) is 13.7 Å². The molecule has 1 aromatic carbocycles. The molecular formula is C10H7NO2S. The predicted molar refractivity (Wildman–Crippen MR) is 56.3 cm³/mol. The fourth-order valence-corrected chi connectivity index (χ4v) is 2.12. The summed E-state index contributed by atoms with van der Waals surface area (Å²) in [5.74, 6) is 0.737. The highest BCUT2D eigenvalue weighted by atomic mass is 32.1. The maximum Gasteiger partial charge on any atom is 0.229 e. The van der Waals surface area contributed by atoms with E-state index in [0.29, 0.717) is 11.4 Å². The Morgan fingerprint density at radius 1 is 1.50 bits per heavy atom. The van der Waals surface area contributed by atoms with Crippen LogP contribution >= 0.6 is 11.3 Å². The van der Waals surface area contributed by atoms with Gasteiger partial charge in [-0.05, 0) is 12.1 Å². The van der Waals surface area contributed by atoms with Gasteiger partial charge in [-0.1, -0.05) is 0 Å². The number of benzene rings is 1. The molecule has 0 saturated carbocycles. The van der Waals surface area contributed by atoms with Crippen LogP contribution in [0.4, 0.5) is 5.69 Å². The molecule has 4 heteroatoms. The summed E-state index contributed by atoms with van der Waals surface area (Å²) in [7, 11) is 1.51. The number of aromatic hydroxyl groups is 1. The average Bonchev–Trinajstić information content (AvgIpc) is 2.58. The third-order valence-corrected chi connectivity index (χ3v) is 2.91. The summed E-state index contributed by atoms with van der Waals surface area (Å²) >= 11 is 1.41. The van der Waals surface area contributed by atoms with Gasteiger partial charge >= 0.3 is 0 Å². The van der Waals surface area contributed by atoms with E-state index in [-0.39, 0.29) is 5.75 Å². The highest BCUT2D eigenvalue weighted by molar-refractivity contribution is 7.17. The minimum atomic E-state index is 0.236. The van der Waals surface area contributed by atoms with Crippen LogP contribution in [0.2, 0.25) is 0 Å². The van der Waals surface area contributed by atoms with Crippen molar-refractivity contribution in [3.8, 4) is 11.5 Å². The average molecular weight is 205 g/mol. The molecule has 0 aliphatic rings. The van der Waals surface area contributed by atoms with Crippen LogP contribution in [0, 0.1) is 6.57 Å². The molecule has 1 aromatic heterocycles. The summed E-state index contributed by atoms with van der Waals surface area (Å²) in [6, 6.07) is 3.42. The predicted octanol–water partition coefficient (Wildman–Crippen LogP) is 3.17. The number of hydrogen-bond acceptors (Lipinski definition) is 3. The Labute approximate surface area is 85.0 Å². The van der Waals surface area contributed by atoms with Crippen molar-refractivity contribution >= 4 is 27.1 Å². The van der Waals surface area contributed by atoms with Crippen LogP contribution in [0.15, 0.2) is 17.5 Å². The Balaban J connectivity index is 2.79. The van der Waals surface area contributed by atoms with Crippen LogP contribution in [0.3, 0.4) is 0 Å². The van der Waals surface area contributed by atoms with Crippen molar-refractivity contribution in [2.45, 2.75) is 0 Å². The smallest absolute Gasteiger partial charge is 0.229 e. The molecule has 0 aliphatic carbocycles. The first-order chi connectivity index (χ1) is 6.76. The Bertz CT molecular complexity index is 525. The summed E-state index contributed by atoms with van der Waals surface area (Å²) in [5, 5.41) is 11.9. The lowest BCUT2D eigenvalue weighted by Crippen LogP contribution is -1.81. The lowest BCUT2D eigenvalue weighted by atomic mass is 10.2. The lowest BCUT2D eigenvalue weighted by molar-refractivity contribution is 0.417. The van der Waals surface area contributed by atoms with Gasteiger partial charge in [0.15, 0.2) is 0 Å². The van der Waals surface area contributed by atoms with E-state index in [1.165, 1.54) is 18.4 Å². The minimum absolute atomic E-state index is 0.236. The third kappa shape index (κ3) is 1.19. The van der Waals surface area contributed by atoms with Crippen molar-refractivity contribution in [2.75, 3.05) is 7.11 Å². The quantitative estimate of drug-likeness (QED) is 0.725. The zero-order valence-corrected chi connectivity index (χ0v) is 8.26. The number of methoxy groups -OCH3 is 1. The molecule has 70 valence electrons. The van der Waals surface area contributed by atoms with Crippen LogP contribution in [-0.2, 0) is 0 Å². The Morgan fingerprint density at radius 2 is 2.29 bits per heavy atom. The zero-order chi connectivity index (χ0) is 10.1. The van der Waals surface area contributed by atoms with Crippen molar-refractivity contribution in [1.82, 2.24) is 0 Å². The van der Waals surface area contributed by atoms with Gasteiger partial charge in [0.2, 0.25) is 5.69 Å². The first kappa shape index (κ1) is 8.85. The molecule has 0 unspecified atom stereocenters. The summed E-state index contributed by atoms with van der Waals surface area (Å²) < 4.78 is 5.95. The molecule has 0 fully saturated rings. The molecule has 3 nitrogen and oxygen atoms in total. The first-order valence-corrected chi connectivity index (χ1v) is 4.80. The van der Waals surface area contributed by atoms with Crippen molar-refractivity contribution in [1.29, 1.82) is 0 Å². The number of thiophene rings is 1. The molecule has 2 rings (SSSR count). The van der Waals surface area contributed by atoms with Gasteiger partial charge < -0.3 is 9.84 Å². The number of rotatable bonds is 1. The molecule has 0 atom stereocenters. The van der Waals surface area contributed by atoms with Crippen LogP contribution in [0.25, 0.3) is 14.9 Å². The summed E-state index contributed by atoms with van der Waals surface area (Å²) in [5.41, 5.74) is 0.474. The zero-order valence-electron chi connectivity index (χ0n) is 7.44. The van der Waals surface area contributed by atoms with Gasteiger partial charge in [-0.3, -0.25) is 0 Å². The van der Waals surface area contributed by atoms with Gasteiger partial charge in [-0.2, -0.15) is 0 Å². The molecule has 14 heavy (non-hydrogen) atoms. The molecular weight excluding hydrogens is 198 g/mol. The summed E-state index contributed by atoms with van der Waals surface area (Å²) in [4.78, 5) is 3.35. The number of nitrogens with zero attached hydrogens (tertiary/aromatic N) is 1. The monoisotopic (exact) mass is 205 g/mol. The van der Waals surface area contributed by atoms with Gasteiger partial charge in [0.1, 0.15) is 11.5 Å². The third-order valence-electron chi connectivity index (χ3n) is 1.97. The van der Waals surface area contributed by atoms with E-state index in [1.54, 1.807) is 17.5 Å². The Morgan fingerprint density at radius 3 is 2.93 bits per heavy atom. The van der Waals surface area contributed by atoms with Gasteiger partial charge in [-0.15, -0.1) is 11.3 Å². The normalized spacial score (nSPS) is 10.0. The van der Waals surface area contributed by atoms with Gasteiger partial charge in [0.25, 0.3) is 0 Å². The largest absolute Gasteiger partial charge is 0.508 e. The van der Waals surface area contributed by atoms with Crippen molar-refractivity contribution in [3.05, 3.63) is 28.9 Å². The number of ether oxygens (including phenoxy) is 1. The second-order valence-electron chi connectivity index (χ2n) is 2.75. The molecule has 1 heterocycles. The van der Waals surface area contributed by atoms with E-state index in [0.717, 1.165) is 10.1 Å².